The summed E-state index contributed by atoms with van der Waals surface area (Å²) in [7, 11) is 0. The standard InChI is InChI=1S/C30H31Cl2N3O2/c31-20-10-15-25(26(32)18-20)28-27(29(36)34-17-16-19-6-2-1-3-7-19)23-8-4-5-9-24(23)30(37)35(28)22-13-11-21(33)12-14-22/h1-10,15,18,21-22,27-28H,11-14,16-17,33H2,(H,34,36)/t21?,22?,27-,28+/m1/s1. The normalized spacial score (nSPS) is 23.4. The molecule has 1 heterocycles. The fourth-order valence-corrected chi connectivity index (χ4v) is 6.29. The third-order valence-electron chi connectivity index (χ3n) is 7.63. The smallest absolute Gasteiger partial charge is 0.254 e. The largest absolute Gasteiger partial charge is 0.355 e. The summed E-state index contributed by atoms with van der Waals surface area (Å²) < 4.78 is 0. The zero-order valence-electron chi connectivity index (χ0n) is 20.6. The Balaban J connectivity index is 1.55. The van der Waals surface area contributed by atoms with Crippen molar-refractivity contribution in [1.82, 2.24) is 10.2 Å². The van der Waals surface area contributed by atoms with Crippen LogP contribution in [0, 0.1) is 0 Å². The maximum Gasteiger partial charge on any atom is 0.254 e. The van der Waals surface area contributed by atoms with E-state index in [1.54, 1.807) is 12.1 Å². The molecule has 1 saturated carbocycles. The van der Waals surface area contributed by atoms with Gasteiger partial charge in [-0.3, -0.25) is 9.59 Å². The third kappa shape index (κ3) is 5.40. The number of nitrogens with two attached hydrogens (primary N) is 1. The molecule has 0 spiro atoms. The molecular weight excluding hydrogens is 505 g/mol. The number of fused-ring (bicyclic) bond motifs is 1. The van der Waals surface area contributed by atoms with Crippen molar-refractivity contribution >= 4 is 35.0 Å². The van der Waals surface area contributed by atoms with Gasteiger partial charge in [-0.2, -0.15) is 0 Å². The summed E-state index contributed by atoms with van der Waals surface area (Å²) in [6.07, 6.45) is 3.98. The number of carbonyl (C=O) groups is 2. The zero-order chi connectivity index (χ0) is 25.9. The second-order valence-electron chi connectivity index (χ2n) is 9.98. The molecule has 2 atom stereocenters. The van der Waals surface area contributed by atoms with Gasteiger partial charge in [0.05, 0.1) is 12.0 Å². The molecule has 5 nitrogen and oxygen atoms in total. The average Bonchev–Trinajstić information content (AvgIpc) is 2.90. The first kappa shape index (κ1) is 25.8. The molecule has 3 aromatic carbocycles. The number of rotatable bonds is 6. The van der Waals surface area contributed by atoms with Crippen LogP contribution >= 0.6 is 23.2 Å². The van der Waals surface area contributed by atoms with Crippen LogP contribution in [-0.2, 0) is 11.2 Å². The van der Waals surface area contributed by atoms with E-state index >= 15 is 0 Å². The van der Waals surface area contributed by atoms with Crippen LogP contribution in [-0.4, -0.2) is 35.3 Å². The molecule has 3 N–H and O–H groups in total. The minimum atomic E-state index is -0.612. The summed E-state index contributed by atoms with van der Waals surface area (Å²) in [5, 5.41) is 4.11. The van der Waals surface area contributed by atoms with E-state index in [0.717, 1.165) is 48.8 Å². The van der Waals surface area contributed by atoms with Crippen molar-refractivity contribution in [2.75, 3.05) is 6.54 Å². The Labute approximate surface area is 227 Å². The lowest BCUT2D eigenvalue weighted by Crippen LogP contribution is -2.53. The van der Waals surface area contributed by atoms with Crippen molar-refractivity contribution in [2.24, 2.45) is 5.73 Å². The Kier molecular flexibility index (Phi) is 7.84. The van der Waals surface area contributed by atoms with E-state index in [4.69, 9.17) is 28.9 Å². The SMILES string of the molecule is NC1CCC(N2C(=O)c3ccccc3[C@@H](C(=O)NCCc3ccccc3)[C@@H]2c2ccc(Cl)cc2Cl)CC1. The Morgan fingerprint density at radius 2 is 1.62 bits per heavy atom. The molecule has 37 heavy (non-hydrogen) atoms. The van der Waals surface area contributed by atoms with Gasteiger partial charge in [-0.1, -0.05) is 77.8 Å². The number of nitrogens with zero attached hydrogens (tertiary/aromatic N) is 1. The van der Waals surface area contributed by atoms with Crippen molar-refractivity contribution in [3.8, 4) is 0 Å². The molecular formula is C30H31Cl2N3O2. The number of amides is 2. The number of nitrogens with one attached hydrogen (secondary N) is 1. The van der Waals surface area contributed by atoms with Crippen LogP contribution in [0.1, 0.15) is 64.7 Å². The Morgan fingerprint density at radius 1 is 0.919 bits per heavy atom. The number of halogens is 2. The monoisotopic (exact) mass is 535 g/mol. The second-order valence-corrected chi connectivity index (χ2v) is 10.8. The fourth-order valence-electron chi connectivity index (χ4n) is 5.77. The maximum atomic E-state index is 14.0. The van der Waals surface area contributed by atoms with Gasteiger partial charge >= 0.3 is 0 Å². The van der Waals surface area contributed by atoms with E-state index in [2.05, 4.69) is 5.32 Å². The van der Waals surface area contributed by atoms with Crippen LogP contribution in [0.3, 0.4) is 0 Å². The van der Waals surface area contributed by atoms with E-state index in [0.29, 0.717) is 22.2 Å². The molecule has 0 unspecified atom stereocenters. The summed E-state index contributed by atoms with van der Waals surface area (Å²) in [5.41, 5.74) is 9.38. The fraction of sp³-hybridized carbons (Fsp3) is 0.333. The third-order valence-corrected chi connectivity index (χ3v) is 8.19. The lowest BCUT2D eigenvalue weighted by Gasteiger charge is -2.47. The first-order valence-electron chi connectivity index (χ1n) is 12.9. The second kappa shape index (κ2) is 11.3. The average molecular weight is 537 g/mol. The molecule has 3 aromatic rings. The maximum absolute atomic E-state index is 14.0. The van der Waals surface area contributed by atoms with E-state index in [-0.39, 0.29) is 23.9 Å². The number of benzene rings is 3. The molecule has 0 radical (unpaired) electrons. The van der Waals surface area contributed by atoms with Crippen molar-refractivity contribution in [2.45, 2.75) is 56.1 Å². The Bertz CT molecular complexity index is 1270. The molecule has 7 heteroatoms. The van der Waals surface area contributed by atoms with Crippen molar-refractivity contribution in [3.05, 3.63) is 105 Å². The lowest BCUT2D eigenvalue weighted by molar-refractivity contribution is -0.124. The highest BCUT2D eigenvalue weighted by molar-refractivity contribution is 6.35. The highest BCUT2D eigenvalue weighted by atomic mass is 35.5. The van der Waals surface area contributed by atoms with Gasteiger partial charge in [-0.15, -0.1) is 0 Å². The van der Waals surface area contributed by atoms with Crippen LogP contribution in [0.25, 0.3) is 0 Å². The summed E-state index contributed by atoms with van der Waals surface area (Å²) >= 11 is 13.0. The molecule has 2 aliphatic rings. The van der Waals surface area contributed by atoms with Crippen LogP contribution in [0.4, 0.5) is 0 Å². The summed E-state index contributed by atoms with van der Waals surface area (Å²) in [5.74, 6) is -0.802. The summed E-state index contributed by atoms with van der Waals surface area (Å²) in [4.78, 5) is 29.9. The van der Waals surface area contributed by atoms with E-state index in [9.17, 15) is 9.59 Å². The van der Waals surface area contributed by atoms with Crippen molar-refractivity contribution < 1.29 is 9.59 Å². The van der Waals surface area contributed by atoms with Gasteiger partial charge in [0.25, 0.3) is 5.91 Å². The number of hydrogen-bond acceptors (Lipinski definition) is 3. The van der Waals surface area contributed by atoms with E-state index in [1.807, 2.05) is 65.6 Å². The molecule has 0 bridgehead atoms. The quantitative estimate of drug-likeness (QED) is 0.412. The highest BCUT2D eigenvalue weighted by Gasteiger charge is 2.47. The van der Waals surface area contributed by atoms with Gasteiger partial charge < -0.3 is 16.0 Å². The molecule has 0 saturated heterocycles. The topological polar surface area (TPSA) is 75.4 Å². The van der Waals surface area contributed by atoms with Crippen LogP contribution in [0.5, 0.6) is 0 Å². The van der Waals surface area contributed by atoms with E-state index < -0.39 is 12.0 Å². The number of carbonyl (C=O) groups excluding carboxylic acids is 2. The van der Waals surface area contributed by atoms with Crippen LogP contribution in [0.15, 0.2) is 72.8 Å². The van der Waals surface area contributed by atoms with Crippen molar-refractivity contribution in [1.29, 1.82) is 0 Å². The molecule has 1 aliphatic heterocycles. The van der Waals surface area contributed by atoms with Crippen LogP contribution < -0.4 is 11.1 Å². The lowest BCUT2D eigenvalue weighted by atomic mass is 9.77. The van der Waals surface area contributed by atoms with Crippen molar-refractivity contribution in [3.63, 3.8) is 0 Å². The zero-order valence-corrected chi connectivity index (χ0v) is 22.1. The first-order chi connectivity index (χ1) is 17.9. The first-order valence-corrected chi connectivity index (χ1v) is 13.6. The van der Waals surface area contributed by atoms with Gasteiger partial charge in [-0.25, -0.2) is 0 Å². The minimum Gasteiger partial charge on any atom is -0.355 e. The molecule has 1 aliphatic carbocycles. The molecule has 192 valence electrons. The van der Waals surface area contributed by atoms with Gasteiger partial charge in [-0.05, 0) is 67.0 Å². The molecule has 0 aromatic heterocycles. The predicted molar refractivity (Wildman–Crippen MR) is 148 cm³/mol. The van der Waals surface area contributed by atoms with Gasteiger partial charge in [0.1, 0.15) is 0 Å². The van der Waals surface area contributed by atoms with Gasteiger partial charge in [0.2, 0.25) is 5.91 Å². The molecule has 2 amide bonds. The Morgan fingerprint density at radius 3 is 2.35 bits per heavy atom. The Hall–Kier alpha value is -2.86. The summed E-state index contributed by atoms with van der Waals surface area (Å²) in [6.45, 7) is 0.495. The minimum absolute atomic E-state index is 0.0305. The molecule has 1 fully saturated rings. The predicted octanol–water partition coefficient (Wildman–Crippen LogP) is 5.90. The molecule has 5 rings (SSSR count). The van der Waals surface area contributed by atoms with Gasteiger partial charge in [0.15, 0.2) is 0 Å². The van der Waals surface area contributed by atoms with Crippen LogP contribution in [0.2, 0.25) is 10.0 Å². The van der Waals surface area contributed by atoms with E-state index in [1.165, 1.54) is 0 Å². The highest BCUT2D eigenvalue weighted by Crippen LogP contribution is 2.47. The number of hydrogen-bond donors (Lipinski definition) is 2. The van der Waals surface area contributed by atoms with Gasteiger partial charge in [0, 0.05) is 34.2 Å². The summed E-state index contributed by atoms with van der Waals surface area (Å²) in [6, 6.07) is 22.4.